The third-order valence-corrected chi connectivity index (χ3v) is 4.82. The Labute approximate surface area is 169 Å². The number of hydrogen-bond acceptors (Lipinski definition) is 6. The van der Waals surface area contributed by atoms with E-state index in [4.69, 9.17) is 23.7 Å². The average molecular weight is 399 g/mol. The number of carbonyl (C=O) groups is 1. The van der Waals surface area contributed by atoms with Gasteiger partial charge in [-0.15, -0.1) is 0 Å². The first-order valence-electron chi connectivity index (χ1n) is 9.94. The predicted molar refractivity (Wildman–Crippen MR) is 106 cm³/mol. The zero-order valence-corrected chi connectivity index (χ0v) is 16.4. The summed E-state index contributed by atoms with van der Waals surface area (Å²) in [6.45, 7) is 4.49. The summed E-state index contributed by atoms with van der Waals surface area (Å²) in [5.74, 6) is 3.44. The Morgan fingerprint density at radius 2 is 1.55 bits per heavy atom. The van der Waals surface area contributed by atoms with Gasteiger partial charge in [0.2, 0.25) is 5.91 Å². The van der Waals surface area contributed by atoms with Crippen LogP contribution in [0.2, 0.25) is 0 Å². The number of nitrogens with one attached hydrogen (secondary N) is 1. The van der Waals surface area contributed by atoms with Crippen LogP contribution in [-0.4, -0.2) is 38.9 Å². The molecule has 29 heavy (non-hydrogen) atoms. The molecule has 7 heteroatoms. The van der Waals surface area contributed by atoms with Crippen LogP contribution in [0.25, 0.3) is 0 Å². The first-order chi connectivity index (χ1) is 14.2. The number of carbonyl (C=O) groups excluding carboxylic acids is 1. The van der Waals surface area contributed by atoms with E-state index in [2.05, 4.69) is 5.32 Å². The predicted octanol–water partition coefficient (Wildman–Crippen LogP) is 3.27. The Morgan fingerprint density at radius 3 is 2.24 bits per heavy atom. The molecule has 0 bridgehead atoms. The van der Waals surface area contributed by atoms with Gasteiger partial charge in [-0.2, -0.15) is 0 Å². The molecule has 0 radical (unpaired) electrons. The summed E-state index contributed by atoms with van der Waals surface area (Å²) in [7, 11) is 0. The Balaban J connectivity index is 1.29. The lowest BCUT2D eigenvalue weighted by Gasteiger charge is -2.22. The minimum atomic E-state index is -0.0902. The topological polar surface area (TPSA) is 75.3 Å². The van der Waals surface area contributed by atoms with Gasteiger partial charge in [0.15, 0.2) is 23.0 Å². The maximum atomic E-state index is 12.4. The summed E-state index contributed by atoms with van der Waals surface area (Å²) in [5, 5.41) is 3.07. The first kappa shape index (κ1) is 19.2. The van der Waals surface area contributed by atoms with Crippen molar-refractivity contribution in [2.45, 2.75) is 25.8 Å². The molecule has 1 atom stereocenters. The van der Waals surface area contributed by atoms with Gasteiger partial charge in [0.1, 0.15) is 32.2 Å². The van der Waals surface area contributed by atoms with E-state index >= 15 is 0 Å². The highest BCUT2D eigenvalue weighted by Crippen LogP contribution is 2.34. The normalized spacial score (nSPS) is 15.3. The minimum Gasteiger partial charge on any atom is -0.493 e. The second-order valence-corrected chi connectivity index (χ2v) is 6.84. The fourth-order valence-electron chi connectivity index (χ4n) is 3.34. The molecule has 2 aromatic rings. The van der Waals surface area contributed by atoms with Crippen molar-refractivity contribution in [2.75, 3.05) is 33.0 Å². The highest BCUT2D eigenvalue weighted by molar-refractivity contribution is 5.76. The quantitative estimate of drug-likeness (QED) is 0.770. The average Bonchev–Trinajstić information content (AvgIpc) is 2.77. The number of ether oxygens (including phenoxy) is 5. The van der Waals surface area contributed by atoms with Crippen molar-refractivity contribution in [3.05, 3.63) is 42.0 Å². The van der Waals surface area contributed by atoms with Crippen LogP contribution in [0.4, 0.5) is 0 Å². The Hall–Kier alpha value is -3.09. The largest absolute Gasteiger partial charge is 0.493 e. The van der Waals surface area contributed by atoms with Crippen molar-refractivity contribution >= 4 is 5.91 Å². The number of hydrogen-bond donors (Lipinski definition) is 1. The summed E-state index contributed by atoms with van der Waals surface area (Å²) >= 11 is 0. The van der Waals surface area contributed by atoms with Gasteiger partial charge < -0.3 is 29.0 Å². The van der Waals surface area contributed by atoms with E-state index in [1.165, 1.54) is 0 Å². The third-order valence-electron chi connectivity index (χ3n) is 4.82. The zero-order chi connectivity index (χ0) is 20.1. The molecule has 0 saturated heterocycles. The fraction of sp³-hybridized carbons (Fsp3) is 0.409. The van der Waals surface area contributed by atoms with Gasteiger partial charge in [-0.25, -0.2) is 0 Å². The molecule has 1 unspecified atom stereocenters. The van der Waals surface area contributed by atoms with Gasteiger partial charge in [0.25, 0.3) is 0 Å². The second-order valence-electron chi connectivity index (χ2n) is 6.84. The molecule has 0 saturated carbocycles. The van der Waals surface area contributed by atoms with Crippen LogP contribution >= 0.6 is 0 Å². The summed E-state index contributed by atoms with van der Waals surface area (Å²) < 4.78 is 27.9. The molecule has 0 spiro atoms. The fourth-order valence-corrected chi connectivity index (χ4v) is 3.34. The molecule has 2 aromatic carbocycles. The van der Waals surface area contributed by atoms with Crippen LogP contribution in [0.15, 0.2) is 36.4 Å². The molecule has 4 rings (SSSR count). The van der Waals surface area contributed by atoms with Crippen LogP contribution in [0.3, 0.4) is 0 Å². The highest BCUT2D eigenvalue weighted by atomic mass is 16.6. The smallest absolute Gasteiger partial charge is 0.223 e. The van der Waals surface area contributed by atoms with Gasteiger partial charge >= 0.3 is 0 Å². The SMILES string of the molecule is CCC(NC(=O)CCOc1ccc2c(c1)OCCO2)c1ccc2c(c1)OCCO2. The van der Waals surface area contributed by atoms with Gasteiger partial charge in [0.05, 0.1) is 19.1 Å². The molecule has 2 aliphatic rings. The van der Waals surface area contributed by atoms with Crippen molar-refractivity contribution < 1.29 is 28.5 Å². The molecule has 7 nitrogen and oxygen atoms in total. The summed E-state index contributed by atoms with van der Waals surface area (Å²) in [5.41, 5.74) is 0.998. The molecular weight excluding hydrogens is 374 g/mol. The molecule has 0 fully saturated rings. The minimum absolute atomic E-state index is 0.0655. The maximum Gasteiger partial charge on any atom is 0.223 e. The lowest BCUT2D eigenvalue weighted by atomic mass is 10.0. The summed E-state index contributed by atoms with van der Waals surface area (Å²) in [6.07, 6.45) is 1.03. The van der Waals surface area contributed by atoms with E-state index in [-0.39, 0.29) is 25.0 Å². The van der Waals surface area contributed by atoms with Gasteiger partial charge in [0, 0.05) is 6.07 Å². The van der Waals surface area contributed by atoms with E-state index in [1.807, 2.05) is 37.3 Å². The van der Waals surface area contributed by atoms with E-state index in [0.717, 1.165) is 23.5 Å². The molecular formula is C22H25NO6. The van der Waals surface area contributed by atoms with Gasteiger partial charge in [-0.05, 0) is 36.2 Å². The van der Waals surface area contributed by atoms with E-state index < -0.39 is 0 Å². The van der Waals surface area contributed by atoms with Crippen molar-refractivity contribution in [1.29, 1.82) is 0 Å². The third kappa shape index (κ3) is 4.67. The monoisotopic (exact) mass is 399 g/mol. The molecule has 1 N–H and O–H groups in total. The Bertz CT molecular complexity index is 868. The first-order valence-corrected chi connectivity index (χ1v) is 9.94. The van der Waals surface area contributed by atoms with E-state index in [0.29, 0.717) is 43.7 Å². The van der Waals surface area contributed by atoms with Crippen LogP contribution in [0.1, 0.15) is 31.4 Å². The molecule has 154 valence electrons. The number of fused-ring (bicyclic) bond motifs is 2. The highest BCUT2D eigenvalue weighted by Gasteiger charge is 2.18. The molecule has 1 amide bonds. The van der Waals surface area contributed by atoms with Crippen molar-refractivity contribution in [3.8, 4) is 28.7 Å². The second kappa shape index (κ2) is 8.94. The standard InChI is InChI=1S/C22H25NO6/c1-2-17(15-3-5-18-20(13-15)28-11-9-26-18)23-22(24)7-8-25-16-4-6-19-21(14-16)29-12-10-27-19/h3-6,13-14,17H,2,7-12H2,1H3,(H,23,24). The number of benzene rings is 2. The Kier molecular flexibility index (Phi) is 5.93. The van der Waals surface area contributed by atoms with Crippen molar-refractivity contribution in [3.63, 3.8) is 0 Å². The summed E-state index contributed by atoms with van der Waals surface area (Å²) in [6, 6.07) is 11.1. The number of amides is 1. The van der Waals surface area contributed by atoms with Gasteiger partial charge in [-0.3, -0.25) is 4.79 Å². The molecule has 0 aromatic heterocycles. The van der Waals surface area contributed by atoms with Crippen molar-refractivity contribution in [1.82, 2.24) is 5.32 Å². The lowest BCUT2D eigenvalue weighted by molar-refractivity contribution is -0.122. The summed E-state index contributed by atoms with van der Waals surface area (Å²) in [4.78, 5) is 12.4. The lowest BCUT2D eigenvalue weighted by Crippen LogP contribution is -2.29. The molecule has 2 aliphatic heterocycles. The van der Waals surface area contributed by atoms with Crippen LogP contribution in [0, 0.1) is 0 Å². The molecule has 0 aliphatic carbocycles. The van der Waals surface area contributed by atoms with Crippen LogP contribution in [0.5, 0.6) is 28.7 Å². The van der Waals surface area contributed by atoms with E-state index in [9.17, 15) is 4.79 Å². The zero-order valence-electron chi connectivity index (χ0n) is 16.4. The van der Waals surface area contributed by atoms with E-state index in [1.54, 1.807) is 6.07 Å². The maximum absolute atomic E-state index is 12.4. The molecule has 2 heterocycles. The Morgan fingerprint density at radius 1 is 0.931 bits per heavy atom. The van der Waals surface area contributed by atoms with Gasteiger partial charge in [-0.1, -0.05) is 13.0 Å². The van der Waals surface area contributed by atoms with Crippen LogP contribution < -0.4 is 29.0 Å². The van der Waals surface area contributed by atoms with Crippen molar-refractivity contribution in [2.24, 2.45) is 0 Å². The van der Waals surface area contributed by atoms with Crippen LogP contribution in [-0.2, 0) is 4.79 Å². The number of rotatable bonds is 7.